The highest BCUT2D eigenvalue weighted by Gasteiger charge is 2.34. The Morgan fingerprint density at radius 1 is 1.15 bits per heavy atom. The lowest BCUT2D eigenvalue weighted by molar-refractivity contribution is -0.131. The van der Waals surface area contributed by atoms with Gasteiger partial charge in [0.1, 0.15) is 0 Å². The quantitative estimate of drug-likeness (QED) is 0.801. The molecule has 1 aliphatic heterocycles. The molecule has 0 bridgehead atoms. The Morgan fingerprint density at radius 3 is 2.19 bits per heavy atom. The number of hydrogen-bond donors (Lipinski definition) is 2. The van der Waals surface area contributed by atoms with E-state index in [1.54, 1.807) is 7.05 Å². The molecular formula is C19H29N3O4S. The molecule has 8 heteroatoms. The van der Waals surface area contributed by atoms with E-state index in [0.29, 0.717) is 5.69 Å². The predicted molar refractivity (Wildman–Crippen MR) is 106 cm³/mol. The molecule has 1 fully saturated rings. The summed E-state index contributed by atoms with van der Waals surface area (Å²) < 4.78 is 27.3. The SMILES string of the molecule is CC(C)c1cccc(C(C)C)c1NC(=O)NS(=O)(=O)C1CCC(=O)N(C)C1. The van der Waals surface area contributed by atoms with Crippen LogP contribution < -0.4 is 10.0 Å². The van der Waals surface area contributed by atoms with Crippen LogP contribution in [0.4, 0.5) is 10.5 Å². The normalized spacial score (nSPS) is 18.1. The number of hydrogen-bond acceptors (Lipinski definition) is 4. The van der Waals surface area contributed by atoms with Gasteiger partial charge in [-0.3, -0.25) is 4.79 Å². The van der Waals surface area contributed by atoms with Gasteiger partial charge in [0.15, 0.2) is 0 Å². The molecule has 7 nitrogen and oxygen atoms in total. The fraction of sp³-hybridized carbons (Fsp3) is 0.579. The number of likely N-dealkylation sites (tertiary alicyclic amines) is 1. The molecule has 1 atom stereocenters. The Balaban J connectivity index is 2.19. The van der Waals surface area contributed by atoms with Gasteiger partial charge in [0.05, 0.1) is 5.25 Å². The van der Waals surface area contributed by atoms with Crippen molar-refractivity contribution in [2.24, 2.45) is 0 Å². The average molecular weight is 396 g/mol. The molecule has 0 spiro atoms. The topological polar surface area (TPSA) is 95.6 Å². The van der Waals surface area contributed by atoms with Gasteiger partial charge in [-0.25, -0.2) is 17.9 Å². The number of benzene rings is 1. The third-order valence-electron chi connectivity index (χ3n) is 4.87. The fourth-order valence-corrected chi connectivity index (χ4v) is 4.60. The summed E-state index contributed by atoms with van der Waals surface area (Å²) in [7, 11) is -2.31. The van der Waals surface area contributed by atoms with E-state index in [1.165, 1.54) is 4.90 Å². The molecular weight excluding hydrogens is 366 g/mol. The zero-order chi connectivity index (χ0) is 20.4. The van der Waals surface area contributed by atoms with Crippen molar-refractivity contribution in [3.05, 3.63) is 29.3 Å². The minimum atomic E-state index is -3.88. The van der Waals surface area contributed by atoms with Crippen molar-refractivity contribution in [2.75, 3.05) is 18.9 Å². The second-order valence-corrected chi connectivity index (χ2v) is 9.62. The van der Waals surface area contributed by atoms with E-state index < -0.39 is 21.3 Å². The minimum Gasteiger partial charge on any atom is -0.344 e. The molecule has 0 aromatic heterocycles. The van der Waals surface area contributed by atoms with Crippen LogP contribution in [0.3, 0.4) is 0 Å². The van der Waals surface area contributed by atoms with E-state index >= 15 is 0 Å². The maximum absolute atomic E-state index is 12.6. The minimum absolute atomic E-state index is 0.0846. The molecule has 1 unspecified atom stereocenters. The summed E-state index contributed by atoms with van der Waals surface area (Å²) in [6.07, 6.45) is 0.378. The molecule has 2 N–H and O–H groups in total. The number of nitrogens with one attached hydrogen (secondary N) is 2. The Labute approximate surface area is 161 Å². The highest BCUT2D eigenvalue weighted by molar-refractivity contribution is 7.90. The van der Waals surface area contributed by atoms with Crippen LogP contribution >= 0.6 is 0 Å². The number of carbonyl (C=O) groups excluding carboxylic acids is 2. The molecule has 2 rings (SSSR count). The summed E-state index contributed by atoms with van der Waals surface area (Å²) in [5.41, 5.74) is 2.57. The van der Waals surface area contributed by atoms with Gasteiger partial charge in [-0.05, 0) is 29.4 Å². The van der Waals surface area contributed by atoms with Crippen molar-refractivity contribution >= 4 is 27.6 Å². The number of para-hydroxylation sites is 1. The average Bonchev–Trinajstić information content (AvgIpc) is 2.56. The molecule has 1 saturated heterocycles. The van der Waals surface area contributed by atoms with Crippen LogP contribution in [-0.4, -0.2) is 44.1 Å². The standard InChI is InChI=1S/C19H29N3O4S/c1-12(2)15-7-6-8-16(13(3)4)18(15)20-19(24)21-27(25,26)14-9-10-17(23)22(5)11-14/h6-8,12-14H,9-11H2,1-5H3,(H2,20,21,24). The summed E-state index contributed by atoms with van der Waals surface area (Å²) in [6, 6.07) is 5.04. The first kappa shape index (κ1) is 21.2. The van der Waals surface area contributed by atoms with Crippen molar-refractivity contribution < 1.29 is 18.0 Å². The van der Waals surface area contributed by atoms with Crippen LogP contribution in [0.15, 0.2) is 18.2 Å². The molecule has 150 valence electrons. The van der Waals surface area contributed by atoms with Crippen LogP contribution in [0.2, 0.25) is 0 Å². The Hall–Kier alpha value is -2.09. The molecule has 1 aromatic rings. The van der Waals surface area contributed by atoms with E-state index in [1.807, 2.05) is 45.9 Å². The number of urea groups is 1. The van der Waals surface area contributed by atoms with Gasteiger partial charge in [-0.2, -0.15) is 0 Å². The number of nitrogens with zero attached hydrogens (tertiary/aromatic N) is 1. The largest absolute Gasteiger partial charge is 0.344 e. The van der Waals surface area contributed by atoms with Gasteiger partial charge in [-0.15, -0.1) is 0 Å². The van der Waals surface area contributed by atoms with Crippen molar-refractivity contribution in [1.82, 2.24) is 9.62 Å². The lowest BCUT2D eigenvalue weighted by Crippen LogP contribution is -2.49. The number of amides is 3. The highest BCUT2D eigenvalue weighted by atomic mass is 32.2. The van der Waals surface area contributed by atoms with Gasteiger partial charge in [0, 0.05) is 25.7 Å². The molecule has 0 radical (unpaired) electrons. The zero-order valence-electron chi connectivity index (χ0n) is 16.6. The molecule has 0 saturated carbocycles. The molecule has 3 amide bonds. The second-order valence-electron chi connectivity index (χ2n) is 7.66. The number of sulfonamides is 1. The van der Waals surface area contributed by atoms with Gasteiger partial charge >= 0.3 is 6.03 Å². The van der Waals surface area contributed by atoms with E-state index in [-0.39, 0.29) is 37.1 Å². The lowest BCUT2D eigenvalue weighted by Gasteiger charge is -2.29. The highest BCUT2D eigenvalue weighted by Crippen LogP contribution is 2.32. The van der Waals surface area contributed by atoms with Crippen LogP contribution in [0.1, 0.15) is 63.5 Å². The van der Waals surface area contributed by atoms with Crippen molar-refractivity contribution in [1.29, 1.82) is 0 Å². The molecule has 0 aliphatic carbocycles. The predicted octanol–water partition coefficient (Wildman–Crippen LogP) is 3.01. The van der Waals surface area contributed by atoms with Gasteiger partial charge < -0.3 is 10.2 Å². The summed E-state index contributed by atoms with van der Waals surface area (Å²) in [6.45, 7) is 8.17. The van der Waals surface area contributed by atoms with Crippen molar-refractivity contribution in [3.8, 4) is 0 Å². The number of rotatable bonds is 5. The third kappa shape index (κ3) is 5.00. The van der Waals surface area contributed by atoms with E-state index in [2.05, 4.69) is 10.0 Å². The molecule has 27 heavy (non-hydrogen) atoms. The smallest absolute Gasteiger partial charge is 0.332 e. The first-order valence-corrected chi connectivity index (χ1v) is 10.8. The summed E-state index contributed by atoms with van der Waals surface area (Å²) in [5.74, 6) is 0.264. The zero-order valence-corrected chi connectivity index (χ0v) is 17.4. The lowest BCUT2D eigenvalue weighted by atomic mass is 9.93. The fourth-order valence-electron chi connectivity index (χ4n) is 3.27. The molecule has 1 aromatic carbocycles. The van der Waals surface area contributed by atoms with Gasteiger partial charge in [0.2, 0.25) is 15.9 Å². The monoisotopic (exact) mass is 395 g/mol. The number of carbonyl (C=O) groups is 2. The Kier molecular flexibility index (Phi) is 6.51. The summed E-state index contributed by atoms with van der Waals surface area (Å²) in [4.78, 5) is 25.4. The number of anilines is 1. The Morgan fingerprint density at radius 2 is 1.70 bits per heavy atom. The van der Waals surface area contributed by atoms with Crippen LogP contribution in [0, 0.1) is 0 Å². The molecule has 1 heterocycles. The van der Waals surface area contributed by atoms with Crippen molar-refractivity contribution in [2.45, 2.75) is 57.6 Å². The van der Waals surface area contributed by atoms with Crippen molar-refractivity contribution in [3.63, 3.8) is 0 Å². The second kappa shape index (κ2) is 8.29. The number of piperidine rings is 1. The Bertz CT molecular complexity index is 792. The van der Waals surface area contributed by atoms with E-state index in [4.69, 9.17) is 0 Å². The first-order valence-electron chi connectivity index (χ1n) is 9.22. The maximum atomic E-state index is 12.6. The van der Waals surface area contributed by atoms with E-state index in [0.717, 1.165) is 11.1 Å². The maximum Gasteiger partial charge on any atom is 0.332 e. The third-order valence-corrected chi connectivity index (χ3v) is 6.60. The first-order chi connectivity index (χ1) is 12.5. The van der Waals surface area contributed by atoms with Crippen LogP contribution in [0.5, 0.6) is 0 Å². The van der Waals surface area contributed by atoms with E-state index in [9.17, 15) is 18.0 Å². The van der Waals surface area contributed by atoms with Crippen LogP contribution in [0.25, 0.3) is 0 Å². The van der Waals surface area contributed by atoms with Gasteiger partial charge in [-0.1, -0.05) is 45.9 Å². The van der Waals surface area contributed by atoms with Gasteiger partial charge in [0.25, 0.3) is 0 Å². The van der Waals surface area contributed by atoms with Crippen LogP contribution in [-0.2, 0) is 14.8 Å². The summed E-state index contributed by atoms with van der Waals surface area (Å²) >= 11 is 0. The summed E-state index contributed by atoms with van der Waals surface area (Å²) in [5, 5.41) is 1.95. The molecule has 1 aliphatic rings.